The van der Waals surface area contributed by atoms with Crippen LogP contribution < -0.4 is 0 Å². The van der Waals surface area contributed by atoms with Crippen molar-refractivity contribution < 1.29 is 14.3 Å². The number of hydrogen-bond donors (Lipinski definition) is 0. The highest BCUT2D eigenvalue weighted by atomic mass is 32.2. The molecule has 0 N–H and O–H groups in total. The Hall–Kier alpha value is -2.05. The van der Waals surface area contributed by atoms with Gasteiger partial charge in [-0.05, 0) is 60.2 Å². The smallest absolute Gasteiger partial charge is 0.311 e. The summed E-state index contributed by atoms with van der Waals surface area (Å²) in [5.74, 6) is 0.613. The van der Waals surface area contributed by atoms with Crippen LogP contribution in [-0.2, 0) is 20.9 Å². The molecule has 5 nitrogen and oxygen atoms in total. The Labute approximate surface area is 189 Å². The van der Waals surface area contributed by atoms with Crippen LogP contribution in [0.2, 0.25) is 0 Å². The molecule has 1 unspecified atom stereocenters. The Morgan fingerprint density at radius 3 is 2.61 bits per heavy atom. The van der Waals surface area contributed by atoms with E-state index >= 15 is 0 Å². The Bertz CT molecular complexity index is 939. The van der Waals surface area contributed by atoms with Crippen molar-refractivity contribution in [2.45, 2.75) is 37.8 Å². The maximum Gasteiger partial charge on any atom is 0.311 e. The van der Waals surface area contributed by atoms with Crippen LogP contribution in [0.3, 0.4) is 0 Å². The van der Waals surface area contributed by atoms with Crippen molar-refractivity contribution in [2.75, 3.05) is 38.8 Å². The van der Waals surface area contributed by atoms with Crippen molar-refractivity contribution in [3.05, 3.63) is 48.0 Å². The van der Waals surface area contributed by atoms with Gasteiger partial charge in [-0.3, -0.25) is 9.59 Å². The number of fused-ring (bicyclic) bond motifs is 1. The van der Waals surface area contributed by atoms with Crippen molar-refractivity contribution in [3.8, 4) is 0 Å². The average Bonchev–Trinajstić information content (AvgIpc) is 3.06. The summed E-state index contributed by atoms with van der Waals surface area (Å²) in [6.45, 7) is 3.47. The minimum Gasteiger partial charge on any atom is -0.469 e. The van der Waals surface area contributed by atoms with Crippen molar-refractivity contribution in [1.29, 1.82) is 0 Å². The molecule has 166 valence electrons. The first-order valence-electron chi connectivity index (χ1n) is 11.1. The van der Waals surface area contributed by atoms with E-state index in [4.69, 9.17) is 4.74 Å². The van der Waals surface area contributed by atoms with Gasteiger partial charge < -0.3 is 14.5 Å². The number of rotatable bonds is 7. The lowest BCUT2D eigenvalue weighted by Crippen LogP contribution is -2.57. The van der Waals surface area contributed by atoms with E-state index < -0.39 is 5.54 Å². The predicted octanol–water partition coefficient (Wildman–Crippen LogP) is 3.95. The minimum absolute atomic E-state index is 0.0689. The Kier molecular flexibility index (Phi) is 6.87. The number of piperidine rings is 1. The molecule has 1 spiro atoms. The largest absolute Gasteiger partial charge is 0.469 e. The highest BCUT2D eigenvalue weighted by Gasteiger charge is 2.56. The van der Waals surface area contributed by atoms with E-state index in [0.29, 0.717) is 6.54 Å². The van der Waals surface area contributed by atoms with E-state index in [1.165, 1.54) is 30.1 Å². The number of nitrogens with zero attached hydrogens (tertiary/aromatic N) is 2. The number of thioether (sulfide) groups is 1. The predicted molar refractivity (Wildman–Crippen MR) is 126 cm³/mol. The first-order valence-corrected chi connectivity index (χ1v) is 12.5. The molecule has 1 atom stereocenters. The van der Waals surface area contributed by atoms with Crippen LogP contribution in [0.4, 0.5) is 0 Å². The minimum atomic E-state index is -0.439. The van der Waals surface area contributed by atoms with Crippen LogP contribution in [0.1, 0.15) is 31.2 Å². The van der Waals surface area contributed by atoms with Crippen LogP contribution in [0.25, 0.3) is 10.8 Å². The van der Waals surface area contributed by atoms with Gasteiger partial charge in [0.05, 0.1) is 18.6 Å². The van der Waals surface area contributed by atoms with Crippen LogP contribution in [0.15, 0.2) is 42.5 Å². The number of carbonyl (C=O) groups is 2. The molecule has 6 heteroatoms. The van der Waals surface area contributed by atoms with E-state index in [1.54, 1.807) is 0 Å². The number of hydrogen-bond acceptors (Lipinski definition) is 5. The SMILES string of the molecule is COC(=O)C1CC(=O)N(Cc2ccc3ccccc3c2)C12CCN(CCCSC)CC2. The summed E-state index contributed by atoms with van der Waals surface area (Å²) in [6, 6.07) is 14.7. The average molecular weight is 441 g/mol. The molecule has 2 aliphatic heterocycles. The maximum atomic E-state index is 13.1. The normalized spacial score (nSPS) is 21.2. The zero-order valence-electron chi connectivity index (χ0n) is 18.5. The van der Waals surface area contributed by atoms with Gasteiger partial charge in [-0.1, -0.05) is 36.4 Å². The third-order valence-electron chi connectivity index (χ3n) is 7.05. The Morgan fingerprint density at radius 2 is 1.90 bits per heavy atom. The van der Waals surface area contributed by atoms with Crippen LogP contribution in [0, 0.1) is 5.92 Å². The lowest BCUT2D eigenvalue weighted by Gasteiger charge is -2.47. The summed E-state index contributed by atoms with van der Waals surface area (Å²) in [7, 11) is 1.43. The van der Waals surface area contributed by atoms with Crippen LogP contribution in [0.5, 0.6) is 0 Å². The third kappa shape index (κ3) is 4.46. The molecule has 0 aromatic heterocycles. The van der Waals surface area contributed by atoms with Gasteiger partial charge in [-0.15, -0.1) is 0 Å². The molecule has 2 saturated heterocycles. The van der Waals surface area contributed by atoms with Gasteiger partial charge >= 0.3 is 5.97 Å². The van der Waals surface area contributed by atoms with Gasteiger partial charge in [-0.2, -0.15) is 11.8 Å². The number of methoxy groups -OCH3 is 1. The second-order valence-corrected chi connectivity index (χ2v) is 9.72. The first-order chi connectivity index (χ1) is 15.1. The van der Waals surface area contributed by atoms with Crippen molar-refractivity contribution in [2.24, 2.45) is 5.92 Å². The molecule has 0 aliphatic carbocycles. The van der Waals surface area contributed by atoms with E-state index in [9.17, 15) is 9.59 Å². The summed E-state index contributed by atoms with van der Waals surface area (Å²) in [5, 5.41) is 2.37. The zero-order valence-corrected chi connectivity index (χ0v) is 19.3. The second kappa shape index (κ2) is 9.61. The molecule has 2 aromatic carbocycles. The Morgan fingerprint density at radius 1 is 1.16 bits per heavy atom. The molecule has 0 radical (unpaired) electrons. The molecule has 2 fully saturated rings. The van der Waals surface area contributed by atoms with Crippen LogP contribution >= 0.6 is 11.8 Å². The van der Waals surface area contributed by atoms with Gasteiger partial charge in [0.2, 0.25) is 5.91 Å². The summed E-state index contributed by atoms with van der Waals surface area (Å²) in [5.41, 5.74) is 0.672. The first kappa shape index (κ1) is 22.2. The van der Waals surface area contributed by atoms with Gasteiger partial charge in [-0.25, -0.2) is 0 Å². The fourth-order valence-corrected chi connectivity index (χ4v) is 5.75. The number of ether oxygens (including phenoxy) is 1. The molecule has 4 rings (SSSR count). The lowest BCUT2D eigenvalue weighted by atomic mass is 9.76. The van der Waals surface area contributed by atoms with Crippen molar-refractivity contribution in [3.63, 3.8) is 0 Å². The van der Waals surface area contributed by atoms with Crippen LogP contribution in [-0.4, -0.2) is 66.0 Å². The third-order valence-corrected chi connectivity index (χ3v) is 7.75. The number of likely N-dealkylation sites (tertiary alicyclic amines) is 2. The van der Waals surface area contributed by atoms with Crippen molar-refractivity contribution in [1.82, 2.24) is 9.80 Å². The molecular weight excluding hydrogens is 408 g/mol. The van der Waals surface area contributed by atoms with E-state index in [1.807, 2.05) is 28.8 Å². The number of carbonyl (C=O) groups excluding carboxylic acids is 2. The molecule has 2 aliphatic rings. The lowest BCUT2D eigenvalue weighted by molar-refractivity contribution is -0.150. The summed E-state index contributed by atoms with van der Waals surface area (Å²) in [4.78, 5) is 30.3. The van der Waals surface area contributed by atoms with Crippen molar-refractivity contribution >= 4 is 34.4 Å². The summed E-state index contributed by atoms with van der Waals surface area (Å²) >= 11 is 1.88. The van der Waals surface area contributed by atoms with E-state index in [-0.39, 0.29) is 24.2 Å². The van der Waals surface area contributed by atoms with Gasteiger partial charge in [0.15, 0.2) is 0 Å². The molecule has 0 bridgehead atoms. The summed E-state index contributed by atoms with van der Waals surface area (Å²) in [6.07, 6.45) is 5.22. The second-order valence-electron chi connectivity index (χ2n) is 8.73. The highest BCUT2D eigenvalue weighted by molar-refractivity contribution is 7.98. The number of esters is 1. The molecule has 2 heterocycles. The van der Waals surface area contributed by atoms with Gasteiger partial charge in [0.25, 0.3) is 0 Å². The Balaban J connectivity index is 1.57. The quantitative estimate of drug-likeness (QED) is 0.482. The topological polar surface area (TPSA) is 49.9 Å². The number of benzene rings is 2. The molecule has 2 aromatic rings. The molecule has 1 amide bonds. The molecular formula is C25H32N2O3S. The van der Waals surface area contributed by atoms with Gasteiger partial charge in [0.1, 0.15) is 0 Å². The molecule has 0 saturated carbocycles. The van der Waals surface area contributed by atoms with E-state index in [2.05, 4.69) is 41.5 Å². The fourth-order valence-electron chi connectivity index (χ4n) is 5.34. The fraction of sp³-hybridized carbons (Fsp3) is 0.520. The monoisotopic (exact) mass is 440 g/mol. The highest BCUT2D eigenvalue weighted by Crippen LogP contribution is 2.45. The zero-order chi connectivity index (χ0) is 21.8. The van der Waals surface area contributed by atoms with E-state index in [0.717, 1.165) is 38.0 Å². The number of amides is 1. The summed E-state index contributed by atoms with van der Waals surface area (Å²) < 4.78 is 5.14. The van der Waals surface area contributed by atoms with Gasteiger partial charge in [0, 0.05) is 26.1 Å². The molecule has 31 heavy (non-hydrogen) atoms. The maximum absolute atomic E-state index is 13.1. The standard InChI is InChI=1S/C25H32N2O3S/c1-30-24(29)22-17-23(28)27(18-19-8-9-20-6-3-4-7-21(20)16-19)25(22)10-13-26(14-11-25)12-5-15-31-2/h3-4,6-9,16,22H,5,10-15,17-18H2,1-2H3.